The lowest BCUT2D eigenvalue weighted by atomic mass is 9.82. The van der Waals surface area contributed by atoms with Crippen molar-refractivity contribution in [2.24, 2.45) is 5.41 Å². The van der Waals surface area contributed by atoms with E-state index in [1.807, 2.05) is 7.05 Å². The number of rotatable bonds is 2. The Bertz CT molecular complexity index is 339. The molecule has 0 amide bonds. The zero-order valence-electron chi connectivity index (χ0n) is 10.2. The third-order valence-electron chi connectivity index (χ3n) is 2.67. The molecule has 1 atom stereocenters. The molecule has 1 nitrogen and oxygen atoms in total. The Morgan fingerprint density at radius 2 is 1.87 bits per heavy atom. The Hall–Kier alpha value is -0.340. The first-order valence-electron chi connectivity index (χ1n) is 5.29. The summed E-state index contributed by atoms with van der Waals surface area (Å²) in [5.74, 6) is 0. The SMILES string of the molecule is CNC(c1ccc(Br)c(C)c1)C(C)(C)C. The maximum atomic E-state index is 3.53. The van der Waals surface area contributed by atoms with Gasteiger partial charge in [0.25, 0.3) is 0 Å². The van der Waals surface area contributed by atoms with Gasteiger partial charge >= 0.3 is 0 Å². The van der Waals surface area contributed by atoms with Gasteiger partial charge < -0.3 is 5.32 Å². The molecule has 0 aliphatic rings. The maximum Gasteiger partial charge on any atom is 0.0366 e. The lowest BCUT2D eigenvalue weighted by molar-refractivity contribution is 0.287. The molecule has 0 saturated heterocycles. The number of hydrogen-bond donors (Lipinski definition) is 1. The average molecular weight is 270 g/mol. The van der Waals surface area contributed by atoms with Gasteiger partial charge in [0.05, 0.1) is 0 Å². The topological polar surface area (TPSA) is 12.0 Å². The molecular formula is C13H20BrN. The molecule has 84 valence electrons. The van der Waals surface area contributed by atoms with Crippen LogP contribution >= 0.6 is 15.9 Å². The van der Waals surface area contributed by atoms with Gasteiger partial charge in [-0.15, -0.1) is 0 Å². The van der Waals surface area contributed by atoms with E-state index in [1.54, 1.807) is 0 Å². The predicted molar refractivity (Wildman–Crippen MR) is 70.1 cm³/mol. The Labute approximate surface area is 101 Å². The molecule has 1 rings (SSSR count). The van der Waals surface area contributed by atoms with Gasteiger partial charge in [0.15, 0.2) is 0 Å². The Balaban J connectivity index is 3.08. The van der Waals surface area contributed by atoms with Crippen LogP contribution in [0.2, 0.25) is 0 Å². The quantitative estimate of drug-likeness (QED) is 0.854. The van der Waals surface area contributed by atoms with Crippen LogP contribution in [-0.4, -0.2) is 7.05 Å². The van der Waals surface area contributed by atoms with Gasteiger partial charge in [-0.25, -0.2) is 0 Å². The van der Waals surface area contributed by atoms with Gasteiger partial charge in [-0.1, -0.05) is 48.8 Å². The molecule has 1 unspecified atom stereocenters. The average Bonchev–Trinajstić information content (AvgIpc) is 2.10. The molecule has 1 N–H and O–H groups in total. The highest BCUT2D eigenvalue weighted by molar-refractivity contribution is 9.10. The smallest absolute Gasteiger partial charge is 0.0366 e. The van der Waals surface area contributed by atoms with Crippen LogP contribution in [0.5, 0.6) is 0 Å². The van der Waals surface area contributed by atoms with Crippen LogP contribution in [0.3, 0.4) is 0 Å². The van der Waals surface area contributed by atoms with E-state index in [0.717, 1.165) is 0 Å². The molecule has 1 aromatic rings. The molecule has 0 radical (unpaired) electrons. The lowest BCUT2D eigenvalue weighted by Crippen LogP contribution is -2.29. The molecule has 0 saturated carbocycles. The molecule has 15 heavy (non-hydrogen) atoms. The Morgan fingerprint density at radius 3 is 2.27 bits per heavy atom. The molecule has 2 heteroatoms. The van der Waals surface area contributed by atoms with Gasteiger partial charge in [0, 0.05) is 10.5 Å². The van der Waals surface area contributed by atoms with E-state index in [9.17, 15) is 0 Å². The number of nitrogens with one attached hydrogen (secondary N) is 1. The second kappa shape index (κ2) is 4.67. The van der Waals surface area contributed by atoms with Crippen molar-refractivity contribution in [3.63, 3.8) is 0 Å². The number of hydrogen-bond acceptors (Lipinski definition) is 1. The van der Waals surface area contributed by atoms with Crippen molar-refractivity contribution in [1.29, 1.82) is 0 Å². The maximum absolute atomic E-state index is 3.53. The number of aryl methyl sites for hydroxylation is 1. The van der Waals surface area contributed by atoms with Crippen molar-refractivity contribution in [3.8, 4) is 0 Å². The van der Waals surface area contributed by atoms with E-state index in [4.69, 9.17) is 0 Å². The largest absolute Gasteiger partial charge is 0.313 e. The van der Waals surface area contributed by atoms with Crippen LogP contribution in [0.25, 0.3) is 0 Å². The van der Waals surface area contributed by atoms with Crippen LogP contribution in [0, 0.1) is 12.3 Å². The summed E-state index contributed by atoms with van der Waals surface area (Å²) < 4.78 is 1.18. The van der Waals surface area contributed by atoms with Crippen molar-refractivity contribution in [2.45, 2.75) is 33.7 Å². The Morgan fingerprint density at radius 1 is 1.27 bits per heavy atom. The fourth-order valence-corrected chi connectivity index (χ4v) is 2.19. The monoisotopic (exact) mass is 269 g/mol. The standard InChI is InChI=1S/C13H20BrN/c1-9-8-10(6-7-11(9)14)12(15-5)13(2,3)4/h6-8,12,15H,1-5H3. The van der Waals surface area contributed by atoms with Crippen LogP contribution in [0.15, 0.2) is 22.7 Å². The second-order valence-electron chi connectivity index (χ2n) is 5.10. The molecule has 0 spiro atoms. The van der Waals surface area contributed by atoms with E-state index in [0.29, 0.717) is 6.04 Å². The molecule has 0 fully saturated rings. The third kappa shape index (κ3) is 3.05. The normalized spacial score (nSPS) is 14.0. The fourth-order valence-electron chi connectivity index (χ4n) is 1.95. The minimum atomic E-state index is 0.231. The highest BCUT2D eigenvalue weighted by atomic mass is 79.9. The van der Waals surface area contributed by atoms with Crippen LogP contribution in [0.4, 0.5) is 0 Å². The van der Waals surface area contributed by atoms with Gasteiger partial charge in [-0.05, 0) is 36.6 Å². The fraction of sp³-hybridized carbons (Fsp3) is 0.538. The summed E-state index contributed by atoms with van der Waals surface area (Å²) in [5.41, 5.74) is 2.87. The number of halogens is 1. The Kier molecular flexibility index (Phi) is 3.96. The van der Waals surface area contributed by atoms with Gasteiger partial charge in [0.1, 0.15) is 0 Å². The summed E-state index contributed by atoms with van der Waals surface area (Å²) in [6, 6.07) is 6.95. The molecular weight excluding hydrogens is 250 g/mol. The molecule has 0 aliphatic carbocycles. The zero-order chi connectivity index (χ0) is 11.6. The van der Waals surface area contributed by atoms with Crippen molar-refractivity contribution < 1.29 is 0 Å². The molecule has 0 bridgehead atoms. The van der Waals surface area contributed by atoms with Crippen molar-refractivity contribution in [3.05, 3.63) is 33.8 Å². The van der Waals surface area contributed by atoms with E-state index in [2.05, 4.69) is 67.1 Å². The van der Waals surface area contributed by atoms with E-state index in [-0.39, 0.29) is 5.41 Å². The third-order valence-corrected chi connectivity index (χ3v) is 3.56. The van der Waals surface area contributed by atoms with Crippen molar-refractivity contribution >= 4 is 15.9 Å². The first kappa shape index (κ1) is 12.7. The van der Waals surface area contributed by atoms with Crippen LogP contribution in [0.1, 0.15) is 37.9 Å². The summed E-state index contributed by atoms with van der Waals surface area (Å²) in [6.07, 6.45) is 0. The summed E-state index contributed by atoms with van der Waals surface area (Å²) in [7, 11) is 2.02. The van der Waals surface area contributed by atoms with Crippen LogP contribution in [-0.2, 0) is 0 Å². The predicted octanol–water partition coefficient (Wildman–Crippen LogP) is 4.06. The van der Waals surface area contributed by atoms with Crippen molar-refractivity contribution in [2.75, 3.05) is 7.05 Å². The summed E-state index contributed by atoms with van der Waals surface area (Å²) >= 11 is 3.53. The zero-order valence-corrected chi connectivity index (χ0v) is 11.8. The van der Waals surface area contributed by atoms with Crippen LogP contribution < -0.4 is 5.32 Å². The first-order chi connectivity index (χ1) is 6.86. The first-order valence-corrected chi connectivity index (χ1v) is 6.09. The summed E-state index contributed by atoms with van der Waals surface area (Å²) in [6.45, 7) is 8.89. The van der Waals surface area contributed by atoms with Crippen molar-refractivity contribution in [1.82, 2.24) is 5.32 Å². The lowest BCUT2D eigenvalue weighted by Gasteiger charge is -2.31. The van der Waals surface area contributed by atoms with Gasteiger partial charge in [-0.2, -0.15) is 0 Å². The molecule has 0 aliphatic heterocycles. The summed E-state index contributed by atoms with van der Waals surface area (Å²) in [5, 5.41) is 3.39. The molecule has 0 aromatic heterocycles. The highest BCUT2D eigenvalue weighted by Gasteiger charge is 2.24. The van der Waals surface area contributed by atoms with E-state index >= 15 is 0 Å². The van der Waals surface area contributed by atoms with Gasteiger partial charge in [-0.3, -0.25) is 0 Å². The minimum Gasteiger partial charge on any atom is -0.313 e. The second-order valence-corrected chi connectivity index (χ2v) is 5.95. The van der Waals surface area contributed by atoms with E-state index < -0.39 is 0 Å². The highest BCUT2D eigenvalue weighted by Crippen LogP contribution is 2.33. The minimum absolute atomic E-state index is 0.231. The van der Waals surface area contributed by atoms with Gasteiger partial charge in [0.2, 0.25) is 0 Å². The molecule has 1 aromatic carbocycles. The van der Waals surface area contributed by atoms with E-state index in [1.165, 1.54) is 15.6 Å². The summed E-state index contributed by atoms with van der Waals surface area (Å²) in [4.78, 5) is 0. The molecule has 0 heterocycles. The number of benzene rings is 1.